The Morgan fingerprint density at radius 2 is 1.85 bits per heavy atom. The van der Waals surface area contributed by atoms with Gasteiger partial charge < -0.3 is 10.2 Å². The summed E-state index contributed by atoms with van der Waals surface area (Å²) in [6.07, 6.45) is 9.54. The van der Waals surface area contributed by atoms with Crippen molar-refractivity contribution in [2.24, 2.45) is 11.8 Å². The van der Waals surface area contributed by atoms with Crippen molar-refractivity contribution in [2.45, 2.75) is 57.8 Å². The molecule has 0 aromatic heterocycles. The summed E-state index contributed by atoms with van der Waals surface area (Å²) in [5, 5.41) is 3.08. The van der Waals surface area contributed by atoms with Gasteiger partial charge in [-0.15, -0.1) is 0 Å². The Kier molecular flexibility index (Phi) is 7.10. The number of rotatable bonds is 7. The Balaban J connectivity index is 1.39. The molecule has 3 rings (SSSR count). The second-order valence-corrected chi connectivity index (χ2v) is 7.92. The van der Waals surface area contributed by atoms with E-state index in [1.807, 2.05) is 23.1 Å². The van der Waals surface area contributed by atoms with Crippen molar-refractivity contribution in [3.63, 3.8) is 0 Å². The molecule has 2 amide bonds. The second-order valence-electron chi connectivity index (χ2n) is 7.92. The first-order valence-corrected chi connectivity index (χ1v) is 10.3. The maximum atomic E-state index is 12.5. The molecule has 4 heteroatoms. The van der Waals surface area contributed by atoms with Crippen LogP contribution in [0.15, 0.2) is 30.3 Å². The lowest BCUT2D eigenvalue weighted by Gasteiger charge is -2.35. The van der Waals surface area contributed by atoms with Gasteiger partial charge in [0.25, 0.3) is 0 Å². The first kappa shape index (κ1) is 18.9. The van der Waals surface area contributed by atoms with Gasteiger partial charge in [0.1, 0.15) is 0 Å². The van der Waals surface area contributed by atoms with Crippen molar-refractivity contribution in [3.8, 4) is 0 Å². The molecule has 1 saturated heterocycles. The number of nitrogens with one attached hydrogen (secondary N) is 1. The van der Waals surface area contributed by atoms with Gasteiger partial charge >= 0.3 is 0 Å². The summed E-state index contributed by atoms with van der Waals surface area (Å²) in [6.45, 7) is 2.18. The second kappa shape index (κ2) is 9.75. The molecule has 2 aliphatic rings. The number of piperidine rings is 1. The zero-order valence-electron chi connectivity index (χ0n) is 15.8. The molecule has 1 aromatic carbocycles. The standard InChI is InChI=1S/C22H32N2O2/c25-21-14-13-20(17-24(21)16-19-10-5-2-6-11-19)22(26)23-15-7-12-18-8-3-1-4-9-18/h1,3-4,8-9,19-20H,2,5-7,10-17H2,(H,23,26)/t20-/m1/s1. The van der Waals surface area contributed by atoms with Crippen molar-refractivity contribution >= 4 is 11.8 Å². The summed E-state index contributed by atoms with van der Waals surface area (Å²) in [5.74, 6) is 0.969. The van der Waals surface area contributed by atoms with Crippen LogP contribution in [0.1, 0.15) is 56.9 Å². The van der Waals surface area contributed by atoms with Crippen LogP contribution in [-0.4, -0.2) is 36.3 Å². The van der Waals surface area contributed by atoms with E-state index in [0.29, 0.717) is 31.8 Å². The topological polar surface area (TPSA) is 49.4 Å². The van der Waals surface area contributed by atoms with Crippen LogP contribution in [0.3, 0.4) is 0 Å². The number of carbonyl (C=O) groups is 2. The summed E-state index contributed by atoms with van der Waals surface area (Å²) < 4.78 is 0. The summed E-state index contributed by atoms with van der Waals surface area (Å²) in [4.78, 5) is 26.7. The fourth-order valence-electron chi connectivity index (χ4n) is 4.28. The predicted molar refractivity (Wildman–Crippen MR) is 104 cm³/mol. The van der Waals surface area contributed by atoms with E-state index in [1.165, 1.54) is 37.7 Å². The summed E-state index contributed by atoms with van der Waals surface area (Å²) in [6, 6.07) is 10.4. The number of carbonyl (C=O) groups excluding carboxylic acids is 2. The number of amides is 2. The van der Waals surface area contributed by atoms with E-state index in [-0.39, 0.29) is 17.7 Å². The van der Waals surface area contributed by atoms with E-state index in [1.54, 1.807) is 0 Å². The van der Waals surface area contributed by atoms with Gasteiger partial charge in [0.15, 0.2) is 0 Å². The maximum absolute atomic E-state index is 12.5. The van der Waals surface area contributed by atoms with E-state index in [4.69, 9.17) is 0 Å². The molecule has 2 fully saturated rings. The van der Waals surface area contributed by atoms with E-state index in [9.17, 15) is 9.59 Å². The highest BCUT2D eigenvalue weighted by molar-refractivity contribution is 5.83. The molecule has 1 heterocycles. The Bertz CT molecular complexity index is 581. The fraction of sp³-hybridized carbons (Fsp3) is 0.636. The fourth-order valence-corrected chi connectivity index (χ4v) is 4.28. The molecule has 142 valence electrons. The average Bonchev–Trinajstić information content (AvgIpc) is 2.68. The lowest BCUT2D eigenvalue weighted by molar-refractivity contribution is -0.139. The van der Waals surface area contributed by atoms with Gasteiger partial charge in [-0.3, -0.25) is 9.59 Å². The van der Waals surface area contributed by atoms with Crippen LogP contribution in [0.4, 0.5) is 0 Å². The predicted octanol–water partition coefficient (Wildman–Crippen LogP) is 3.55. The molecule has 1 N–H and O–H groups in total. The molecule has 0 bridgehead atoms. The van der Waals surface area contributed by atoms with E-state index in [2.05, 4.69) is 17.4 Å². The maximum Gasteiger partial charge on any atom is 0.224 e. The van der Waals surface area contributed by atoms with Crippen LogP contribution in [0.2, 0.25) is 0 Å². The number of aryl methyl sites for hydroxylation is 1. The van der Waals surface area contributed by atoms with Gasteiger partial charge in [0.2, 0.25) is 11.8 Å². The first-order chi connectivity index (χ1) is 12.7. The number of hydrogen-bond donors (Lipinski definition) is 1. The Labute approximate surface area is 157 Å². The Morgan fingerprint density at radius 1 is 1.08 bits per heavy atom. The van der Waals surface area contributed by atoms with Crippen LogP contribution in [-0.2, 0) is 16.0 Å². The molecule has 1 atom stereocenters. The van der Waals surface area contributed by atoms with Crippen LogP contribution in [0, 0.1) is 11.8 Å². The molecule has 1 aliphatic carbocycles. The van der Waals surface area contributed by atoms with Crippen molar-refractivity contribution < 1.29 is 9.59 Å². The third kappa shape index (κ3) is 5.58. The smallest absolute Gasteiger partial charge is 0.224 e. The average molecular weight is 357 g/mol. The number of likely N-dealkylation sites (tertiary alicyclic amines) is 1. The highest BCUT2D eigenvalue weighted by Crippen LogP contribution is 2.27. The Hall–Kier alpha value is -1.84. The Morgan fingerprint density at radius 3 is 2.62 bits per heavy atom. The summed E-state index contributed by atoms with van der Waals surface area (Å²) in [7, 11) is 0. The molecular weight excluding hydrogens is 324 g/mol. The zero-order chi connectivity index (χ0) is 18.2. The van der Waals surface area contributed by atoms with Crippen LogP contribution >= 0.6 is 0 Å². The number of nitrogens with zero attached hydrogens (tertiary/aromatic N) is 1. The zero-order valence-corrected chi connectivity index (χ0v) is 15.8. The minimum absolute atomic E-state index is 0.0342. The van der Waals surface area contributed by atoms with Crippen molar-refractivity contribution in [2.75, 3.05) is 19.6 Å². The highest BCUT2D eigenvalue weighted by atomic mass is 16.2. The van der Waals surface area contributed by atoms with Gasteiger partial charge in [-0.05, 0) is 43.6 Å². The first-order valence-electron chi connectivity index (χ1n) is 10.3. The van der Waals surface area contributed by atoms with Crippen molar-refractivity contribution in [1.82, 2.24) is 10.2 Å². The van der Waals surface area contributed by atoms with E-state index in [0.717, 1.165) is 19.4 Å². The van der Waals surface area contributed by atoms with Crippen molar-refractivity contribution in [1.29, 1.82) is 0 Å². The minimum atomic E-state index is -0.0342. The molecule has 4 nitrogen and oxygen atoms in total. The largest absolute Gasteiger partial charge is 0.356 e. The molecule has 0 unspecified atom stereocenters. The molecule has 1 aliphatic heterocycles. The minimum Gasteiger partial charge on any atom is -0.356 e. The number of hydrogen-bond acceptors (Lipinski definition) is 2. The monoisotopic (exact) mass is 356 g/mol. The molecule has 1 aromatic rings. The summed E-state index contributed by atoms with van der Waals surface area (Å²) in [5.41, 5.74) is 1.31. The van der Waals surface area contributed by atoms with Crippen LogP contribution in [0.25, 0.3) is 0 Å². The number of benzene rings is 1. The van der Waals surface area contributed by atoms with Gasteiger partial charge in [-0.1, -0.05) is 49.6 Å². The van der Waals surface area contributed by atoms with Gasteiger partial charge in [0, 0.05) is 26.1 Å². The quantitative estimate of drug-likeness (QED) is 0.760. The molecular formula is C22H32N2O2. The van der Waals surface area contributed by atoms with E-state index < -0.39 is 0 Å². The molecule has 0 radical (unpaired) electrons. The molecule has 1 saturated carbocycles. The van der Waals surface area contributed by atoms with Crippen LogP contribution in [0.5, 0.6) is 0 Å². The third-order valence-corrected chi connectivity index (χ3v) is 5.86. The highest BCUT2D eigenvalue weighted by Gasteiger charge is 2.31. The lowest BCUT2D eigenvalue weighted by atomic mass is 9.87. The van der Waals surface area contributed by atoms with Crippen LogP contribution < -0.4 is 5.32 Å². The molecule has 26 heavy (non-hydrogen) atoms. The normalized spacial score (nSPS) is 21.6. The van der Waals surface area contributed by atoms with Gasteiger partial charge in [-0.25, -0.2) is 0 Å². The van der Waals surface area contributed by atoms with Gasteiger partial charge in [0.05, 0.1) is 5.92 Å². The third-order valence-electron chi connectivity index (χ3n) is 5.86. The summed E-state index contributed by atoms with van der Waals surface area (Å²) >= 11 is 0. The van der Waals surface area contributed by atoms with Crippen molar-refractivity contribution in [3.05, 3.63) is 35.9 Å². The van der Waals surface area contributed by atoms with Gasteiger partial charge in [-0.2, -0.15) is 0 Å². The van der Waals surface area contributed by atoms with E-state index >= 15 is 0 Å². The SMILES string of the molecule is O=C(NCCCc1ccccc1)[C@@H]1CCC(=O)N(CC2CCCCC2)C1. The lowest BCUT2D eigenvalue weighted by Crippen LogP contribution is -2.47. The molecule has 0 spiro atoms.